The second kappa shape index (κ2) is 7.21. The molecule has 0 fully saturated rings. The van der Waals surface area contributed by atoms with Crippen molar-refractivity contribution in [2.45, 2.75) is 25.3 Å². The summed E-state index contributed by atoms with van der Waals surface area (Å²) < 4.78 is 85.4. The molecule has 0 bridgehead atoms. The van der Waals surface area contributed by atoms with Crippen molar-refractivity contribution in [1.82, 2.24) is 29.7 Å². The van der Waals surface area contributed by atoms with E-state index in [1.807, 2.05) is 0 Å². The summed E-state index contributed by atoms with van der Waals surface area (Å²) in [6, 6.07) is 0.925. The summed E-state index contributed by atoms with van der Waals surface area (Å²) in [5.74, 6) is 0.455. The third-order valence-electron chi connectivity index (χ3n) is 4.17. The van der Waals surface area contributed by atoms with Gasteiger partial charge in [0.25, 0.3) is 12.0 Å². The lowest BCUT2D eigenvalue weighted by Gasteiger charge is -2.12. The van der Waals surface area contributed by atoms with Crippen LogP contribution in [0.15, 0.2) is 41.3 Å². The van der Waals surface area contributed by atoms with Crippen molar-refractivity contribution >= 4 is 17.1 Å². The highest BCUT2D eigenvalue weighted by Gasteiger charge is 2.40. The number of anilines is 1. The molecular weight excluding hydrogens is 432 g/mol. The van der Waals surface area contributed by atoms with Gasteiger partial charge in [0.2, 0.25) is 0 Å². The molecule has 0 saturated carbocycles. The zero-order valence-corrected chi connectivity index (χ0v) is 15.4. The molecule has 3 aromatic heterocycles. The molecule has 0 saturated heterocycles. The molecule has 0 aliphatic heterocycles. The van der Waals surface area contributed by atoms with Gasteiger partial charge in [0.1, 0.15) is 17.4 Å². The highest BCUT2D eigenvalue weighted by atomic mass is 19.4. The van der Waals surface area contributed by atoms with E-state index in [1.54, 1.807) is 13.0 Å². The lowest BCUT2D eigenvalue weighted by atomic mass is 10.1. The maximum atomic E-state index is 13.3. The number of hydrogen-bond acceptors (Lipinski definition) is 7. The van der Waals surface area contributed by atoms with Crippen LogP contribution in [-0.4, -0.2) is 29.7 Å². The second-order valence-electron chi connectivity index (χ2n) is 6.33. The minimum absolute atomic E-state index is 0.00983. The SMILES string of the molecule is C[C@H](Nc1nc2cc(C(F)(F)F)cc(C(F)(F)F)c2o1)c1ncnn1-c1ncccn1. The van der Waals surface area contributed by atoms with Crippen LogP contribution in [0.3, 0.4) is 0 Å². The van der Waals surface area contributed by atoms with Crippen LogP contribution in [-0.2, 0) is 12.4 Å². The van der Waals surface area contributed by atoms with Crippen molar-refractivity contribution in [3.05, 3.63) is 53.9 Å². The summed E-state index contributed by atoms with van der Waals surface area (Å²) >= 11 is 0. The number of halogens is 6. The van der Waals surface area contributed by atoms with E-state index < -0.39 is 46.6 Å². The Morgan fingerprint density at radius 1 is 1.00 bits per heavy atom. The Hall–Kier alpha value is -3.71. The molecule has 8 nitrogen and oxygen atoms in total. The van der Waals surface area contributed by atoms with Gasteiger partial charge in [0, 0.05) is 12.4 Å². The number of nitrogens with one attached hydrogen (secondary N) is 1. The Kier molecular flexibility index (Phi) is 4.78. The number of hydrogen-bond donors (Lipinski definition) is 1. The number of alkyl halides is 6. The van der Waals surface area contributed by atoms with E-state index in [1.165, 1.54) is 23.4 Å². The van der Waals surface area contributed by atoms with Crippen molar-refractivity contribution in [1.29, 1.82) is 0 Å². The van der Waals surface area contributed by atoms with Crippen LogP contribution in [0.4, 0.5) is 32.4 Å². The summed E-state index contributed by atoms with van der Waals surface area (Å²) in [4.78, 5) is 15.9. The van der Waals surface area contributed by atoms with Crippen LogP contribution in [0.25, 0.3) is 17.0 Å². The molecule has 31 heavy (non-hydrogen) atoms. The zero-order valence-electron chi connectivity index (χ0n) is 15.4. The van der Waals surface area contributed by atoms with Crippen molar-refractivity contribution in [3.8, 4) is 5.95 Å². The van der Waals surface area contributed by atoms with Gasteiger partial charge >= 0.3 is 12.4 Å². The standard InChI is InChI=1S/C17H11F6N7O/c1-8(13-26-7-27-30(13)14-24-3-2-4-25-14)28-15-29-11-6-9(16(18,19)20)5-10(12(11)31-15)17(21,22)23/h2-8H,1H3,(H,28,29)/t8-/m0/s1. The largest absolute Gasteiger partial charge is 0.423 e. The van der Waals surface area contributed by atoms with E-state index in [2.05, 4.69) is 30.4 Å². The lowest BCUT2D eigenvalue weighted by molar-refractivity contribution is -0.142. The molecule has 3 heterocycles. The van der Waals surface area contributed by atoms with Gasteiger partial charge < -0.3 is 9.73 Å². The Bertz CT molecular complexity index is 1220. The van der Waals surface area contributed by atoms with Gasteiger partial charge in [-0.3, -0.25) is 0 Å². The second-order valence-corrected chi connectivity index (χ2v) is 6.33. The minimum Gasteiger partial charge on any atom is -0.423 e. The first-order chi connectivity index (χ1) is 14.5. The van der Waals surface area contributed by atoms with Gasteiger partial charge in [0.15, 0.2) is 11.4 Å². The van der Waals surface area contributed by atoms with Gasteiger partial charge in [-0.1, -0.05) is 0 Å². The molecule has 1 aromatic carbocycles. The number of rotatable bonds is 4. The maximum absolute atomic E-state index is 13.3. The van der Waals surface area contributed by atoms with Crippen LogP contribution in [0.2, 0.25) is 0 Å². The molecule has 0 aliphatic rings. The fourth-order valence-corrected chi connectivity index (χ4v) is 2.82. The Labute approximate surface area is 169 Å². The van der Waals surface area contributed by atoms with E-state index >= 15 is 0 Å². The van der Waals surface area contributed by atoms with Crippen molar-refractivity contribution in [3.63, 3.8) is 0 Å². The van der Waals surface area contributed by atoms with E-state index in [4.69, 9.17) is 4.42 Å². The van der Waals surface area contributed by atoms with Crippen LogP contribution >= 0.6 is 0 Å². The Morgan fingerprint density at radius 3 is 2.35 bits per heavy atom. The summed E-state index contributed by atoms with van der Waals surface area (Å²) in [7, 11) is 0. The van der Waals surface area contributed by atoms with Gasteiger partial charge in [-0.15, -0.1) is 0 Å². The molecular formula is C17H11F6N7O. The predicted octanol–water partition coefficient (Wildman–Crippen LogP) is 4.41. The molecule has 0 spiro atoms. The number of benzene rings is 1. The molecule has 162 valence electrons. The minimum atomic E-state index is -5.08. The van der Waals surface area contributed by atoms with Crippen LogP contribution in [0, 0.1) is 0 Å². The number of aromatic nitrogens is 6. The fourth-order valence-electron chi connectivity index (χ4n) is 2.82. The lowest BCUT2D eigenvalue weighted by Crippen LogP contribution is -2.15. The van der Waals surface area contributed by atoms with Gasteiger partial charge in [-0.25, -0.2) is 15.0 Å². The summed E-state index contributed by atoms with van der Waals surface area (Å²) in [5.41, 5.74) is -4.47. The van der Waals surface area contributed by atoms with Gasteiger partial charge in [-0.2, -0.15) is 41.1 Å². The molecule has 4 aromatic rings. The molecule has 0 unspecified atom stereocenters. The zero-order chi connectivity index (χ0) is 22.4. The van der Waals surface area contributed by atoms with Crippen molar-refractivity contribution < 1.29 is 30.8 Å². The predicted molar refractivity (Wildman–Crippen MR) is 93.0 cm³/mol. The third-order valence-corrected chi connectivity index (χ3v) is 4.17. The number of oxazole rings is 1. The molecule has 0 aliphatic carbocycles. The van der Waals surface area contributed by atoms with Gasteiger partial charge in [0.05, 0.1) is 11.6 Å². The molecule has 4 rings (SSSR count). The van der Waals surface area contributed by atoms with Crippen LogP contribution in [0.5, 0.6) is 0 Å². The monoisotopic (exact) mass is 443 g/mol. The quantitative estimate of drug-likeness (QED) is 0.467. The van der Waals surface area contributed by atoms with E-state index in [0.29, 0.717) is 6.07 Å². The fraction of sp³-hybridized carbons (Fsp3) is 0.235. The number of nitrogens with zero attached hydrogens (tertiary/aromatic N) is 6. The first kappa shape index (κ1) is 20.6. The average molecular weight is 443 g/mol. The van der Waals surface area contributed by atoms with Crippen LogP contribution < -0.4 is 5.32 Å². The maximum Gasteiger partial charge on any atom is 0.420 e. The Balaban J connectivity index is 1.71. The molecule has 14 heteroatoms. The topological polar surface area (TPSA) is 94.6 Å². The van der Waals surface area contributed by atoms with E-state index in [-0.39, 0.29) is 17.8 Å². The highest BCUT2D eigenvalue weighted by molar-refractivity contribution is 5.80. The first-order valence-corrected chi connectivity index (χ1v) is 8.57. The normalized spacial score (nSPS) is 13.5. The summed E-state index contributed by atoms with van der Waals surface area (Å²) in [5, 5.41) is 6.67. The third kappa shape index (κ3) is 4.00. The highest BCUT2D eigenvalue weighted by Crippen LogP contribution is 2.41. The smallest absolute Gasteiger partial charge is 0.420 e. The summed E-state index contributed by atoms with van der Waals surface area (Å²) in [6.07, 6.45) is -5.90. The van der Waals surface area contributed by atoms with E-state index in [0.717, 1.165) is 0 Å². The van der Waals surface area contributed by atoms with Crippen molar-refractivity contribution in [2.75, 3.05) is 5.32 Å². The van der Waals surface area contributed by atoms with Crippen molar-refractivity contribution in [2.24, 2.45) is 0 Å². The molecule has 1 N–H and O–H groups in total. The van der Waals surface area contributed by atoms with Crippen LogP contribution in [0.1, 0.15) is 29.9 Å². The molecule has 1 atom stereocenters. The first-order valence-electron chi connectivity index (χ1n) is 8.57. The number of fused-ring (bicyclic) bond motifs is 1. The molecule has 0 amide bonds. The molecule has 0 radical (unpaired) electrons. The van der Waals surface area contributed by atoms with Gasteiger partial charge in [-0.05, 0) is 25.1 Å². The van der Waals surface area contributed by atoms with E-state index in [9.17, 15) is 26.3 Å². The summed E-state index contributed by atoms with van der Waals surface area (Å²) in [6.45, 7) is 1.57. The average Bonchev–Trinajstić information content (AvgIpc) is 3.33. The Morgan fingerprint density at radius 2 is 1.71 bits per heavy atom.